The smallest absolute Gasteiger partial charge is 0.294 e. The van der Waals surface area contributed by atoms with Crippen LogP contribution in [0.25, 0.3) is 6.08 Å². The van der Waals surface area contributed by atoms with Gasteiger partial charge in [-0.1, -0.05) is 59.6 Å². The maximum atomic E-state index is 13.9. The third-order valence-electron chi connectivity index (χ3n) is 6.57. The Kier molecular flexibility index (Phi) is 8.63. The quantitative estimate of drug-likeness (QED) is 0.306. The lowest BCUT2D eigenvalue weighted by Gasteiger charge is -2.36. The van der Waals surface area contributed by atoms with Crippen LogP contribution < -0.4 is 9.64 Å². The first kappa shape index (κ1) is 28.0. The molecule has 11 heteroatoms. The molecule has 0 saturated carbocycles. The molecular formula is C29H24Cl2FN3O4S. The summed E-state index contributed by atoms with van der Waals surface area (Å²) in [7, 11) is 0. The zero-order valence-electron chi connectivity index (χ0n) is 21.2. The minimum atomic E-state index is -0.557. The normalized spacial score (nSPS) is 16.7. The molecule has 0 spiro atoms. The Balaban J connectivity index is 1.21. The number of hydrogen-bond donors (Lipinski definition) is 0. The lowest BCUT2D eigenvalue weighted by atomic mass is 10.2. The molecule has 2 aliphatic rings. The summed E-state index contributed by atoms with van der Waals surface area (Å²) in [5, 5.41) is -0.187. The Labute approximate surface area is 245 Å². The van der Waals surface area contributed by atoms with Crippen molar-refractivity contribution >= 4 is 63.8 Å². The molecule has 0 atom stereocenters. The highest BCUT2D eigenvalue weighted by Crippen LogP contribution is 2.38. The van der Waals surface area contributed by atoms with E-state index in [-0.39, 0.29) is 39.8 Å². The van der Waals surface area contributed by atoms with Crippen LogP contribution >= 0.6 is 35.0 Å². The van der Waals surface area contributed by atoms with Gasteiger partial charge in [-0.25, -0.2) is 4.39 Å². The van der Waals surface area contributed by atoms with Crippen molar-refractivity contribution < 1.29 is 23.5 Å². The fraction of sp³-hybridized carbons (Fsp3) is 0.207. The number of piperazine rings is 1. The molecule has 0 aliphatic carbocycles. The van der Waals surface area contributed by atoms with Gasteiger partial charge in [0.1, 0.15) is 19.0 Å². The van der Waals surface area contributed by atoms with Crippen LogP contribution in [0.4, 0.5) is 14.9 Å². The van der Waals surface area contributed by atoms with E-state index in [0.29, 0.717) is 37.3 Å². The van der Waals surface area contributed by atoms with E-state index in [1.54, 1.807) is 23.1 Å². The SMILES string of the molecule is O=C(CN1C(=O)S/C(=C/c2cc(Cl)c(OCc3ccccc3F)c(Cl)c2)C1=O)N1CCN(c2ccccc2)CC1. The molecule has 0 aromatic heterocycles. The minimum absolute atomic E-state index is 0.0698. The van der Waals surface area contributed by atoms with Crippen LogP contribution in [0.3, 0.4) is 0 Å². The molecule has 0 bridgehead atoms. The summed E-state index contributed by atoms with van der Waals surface area (Å²) in [4.78, 5) is 43.5. The number of benzene rings is 3. The number of hydrogen-bond acceptors (Lipinski definition) is 6. The van der Waals surface area contributed by atoms with E-state index in [0.717, 1.165) is 22.3 Å². The van der Waals surface area contributed by atoms with E-state index in [4.69, 9.17) is 27.9 Å². The van der Waals surface area contributed by atoms with Gasteiger partial charge in [0.15, 0.2) is 5.75 Å². The number of ether oxygens (including phenoxy) is 1. The average Bonchev–Trinajstić information content (AvgIpc) is 3.21. The van der Waals surface area contributed by atoms with E-state index in [1.165, 1.54) is 24.3 Å². The Morgan fingerprint density at radius 1 is 0.950 bits per heavy atom. The monoisotopic (exact) mass is 599 g/mol. The zero-order chi connectivity index (χ0) is 28.2. The number of para-hydroxylation sites is 1. The topological polar surface area (TPSA) is 70.2 Å². The first-order chi connectivity index (χ1) is 19.3. The second-order valence-electron chi connectivity index (χ2n) is 9.16. The molecule has 0 N–H and O–H groups in total. The molecular weight excluding hydrogens is 576 g/mol. The van der Waals surface area contributed by atoms with Crippen molar-refractivity contribution in [2.24, 2.45) is 0 Å². The van der Waals surface area contributed by atoms with Crippen molar-refractivity contribution in [1.29, 1.82) is 0 Å². The van der Waals surface area contributed by atoms with Gasteiger partial charge in [-0.15, -0.1) is 0 Å². The number of nitrogens with zero attached hydrogens (tertiary/aromatic N) is 3. The summed E-state index contributed by atoms with van der Waals surface area (Å²) in [6, 6.07) is 19.2. The van der Waals surface area contributed by atoms with Crippen molar-refractivity contribution in [3.63, 3.8) is 0 Å². The number of carbonyl (C=O) groups excluding carboxylic acids is 3. The van der Waals surface area contributed by atoms with E-state index in [1.807, 2.05) is 30.3 Å². The van der Waals surface area contributed by atoms with Crippen LogP contribution in [0.1, 0.15) is 11.1 Å². The van der Waals surface area contributed by atoms with Crippen LogP contribution in [0.15, 0.2) is 71.6 Å². The average molecular weight is 600 g/mol. The lowest BCUT2D eigenvalue weighted by Crippen LogP contribution is -2.51. The van der Waals surface area contributed by atoms with Gasteiger partial charge in [0, 0.05) is 37.4 Å². The number of amides is 3. The van der Waals surface area contributed by atoms with Crippen LogP contribution in [0.5, 0.6) is 5.75 Å². The van der Waals surface area contributed by atoms with Gasteiger partial charge in [-0.05, 0) is 53.7 Å². The summed E-state index contributed by atoms with van der Waals surface area (Å²) < 4.78 is 19.5. The summed E-state index contributed by atoms with van der Waals surface area (Å²) in [5.74, 6) is -1.07. The summed E-state index contributed by atoms with van der Waals surface area (Å²) in [5.41, 5.74) is 1.91. The second kappa shape index (κ2) is 12.3. The van der Waals surface area contributed by atoms with Crippen molar-refractivity contribution in [3.8, 4) is 5.75 Å². The van der Waals surface area contributed by atoms with Crippen LogP contribution in [-0.2, 0) is 16.2 Å². The van der Waals surface area contributed by atoms with Gasteiger partial charge < -0.3 is 14.5 Å². The molecule has 2 fully saturated rings. The maximum absolute atomic E-state index is 13.9. The summed E-state index contributed by atoms with van der Waals surface area (Å²) in [6.07, 6.45) is 1.49. The Morgan fingerprint density at radius 3 is 2.27 bits per heavy atom. The third kappa shape index (κ3) is 6.27. The molecule has 40 heavy (non-hydrogen) atoms. The van der Waals surface area contributed by atoms with Crippen molar-refractivity contribution in [1.82, 2.24) is 9.80 Å². The number of halogens is 3. The van der Waals surface area contributed by atoms with E-state index in [2.05, 4.69) is 4.90 Å². The maximum Gasteiger partial charge on any atom is 0.294 e. The van der Waals surface area contributed by atoms with Gasteiger partial charge in [-0.3, -0.25) is 19.3 Å². The van der Waals surface area contributed by atoms with Crippen LogP contribution in [0.2, 0.25) is 10.0 Å². The predicted molar refractivity (Wildman–Crippen MR) is 155 cm³/mol. The zero-order valence-corrected chi connectivity index (χ0v) is 23.5. The molecule has 0 unspecified atom stereocenters. The van der Waals surface area contributed by atoms with E-state index >= 15 is 0 Å². The fourth-order valence-electron chi connectivity index (χ4n) is 4.44. The molecule has 206 valence electrons. The fourth-order valence-corrected chi connectivity index (χ4v) is 5.89. The first-order valence-electron chi connectivity index (χ1n) is 12.5. The van der Waals surface area contributed by atoms with Crippen LogP contribution in [0, 0.1) is 5.82 Å². The molecule has 3 aromatic rings. The van der Waals surface area contributed by atoms with Crippen molar-refractivity contribution in [2.75, 3.05) is 37.6 Å². The Hall–Kier alpha value is -3.53. The summed E-state index contributed by atoms with van der Waals surface area (Å²) in [6.45, 7) is 1.94. The van der Waals surface area contributed by atoms with Crippen molar-refractivity contribution in [3.05, 3.63) is 98.6 Å². The van der Waals surface area contributed by atoms with Gasteiger partial charge in [0.05, 0.1) is 15.0 Å². The number of anilines is 1. The first-order valence-corrected chi connectivity index (χ1v) is 14.1. The number of thioether (sulfide) groups is 1. The molecule has 3 aromatic carbocycles. The van der Waals surface area contributed by atoms with Gasteiger partial charge in [-0.2, -0.15) is 0 Å². The molecule has 3 amide bonds. The molecule has 2 saturated heterocycles. The molecule has 7 nitrogen and oxygen atoms in total. The molecule has 5 rings (SSSR count). The predicted octanol–water partition coefficient (Wildman–Crippen LogP) is 6.10. The standard InChI is InChI=1S/C29H24Cl2FN3O4S/c30-22-14-19(15-23(31)27(22)39-18-20-6-4-5-9-24(20)32)16-25-28(37)35(29(38)40-25)17-26(36)34-12-10-33(11-13-34)21-7-2-1-3-8-21/h1-9,14-16H,10-13,17-18H2/b25-16+. The largest absolute Gasteiger partial charge is 0.486 e. The van der Waals surface area contributed by atoms with E-state index < -0.39 is 17.0 Å². The lowest BCUT2D eigenvalue weighted by molar-refractivity contribution is -0.136. The van der Waals surface area contributed by atoms with E-state index in [9.17, 15) is 18.8 Å². The highest BCUT2D eigenvalue weighted by atomic mass is 35.5. The highest BCUT2D eigenvalue weighted by molar-refractivity contribution is 8.18. The molecule has 2 heterocycles. The number of imide groups is 1. The minimum Gasteiger partial charge on any atom is -0.486 e. The summed E-state index contributed by atoms with van der Waals surface area (Å²) >= 11 is 13.5. The highest BCUT2D eigenvalue weighted by Gasteiger charge is 2.37. The van der Waals surface area contributed by atoms with Gasteiger partial charge in [0.2, 0.25) is 5.91 Å². The van der Waals surface area contributed by atoms with Gasteiger partial charge >= 0.3 is 0 Å². The van der Waals surface area contributed by atoms with Crippen molar-refractivity contribution in [2.45, 2.75) is 6.61 Å². The molecule has 2 aliphatic heterocycles. The van der Waals surface area contributed by atoms with Gasteiger partial charge in [0.25, 0.3) is 11.1 Å². The second-order valence-corrected chi connectivity index (χ2v) is 11.0. The Bertz CT molecular complexity index is 1460. The number of carbonyl (C=O) groups is 3. The Morgan fingerprint density at radius 2 is 1.60 bits per heavy atom. The van der Waals surface area contributed by atoms with Crippen LogP contribution in [-0.4, -0.2) is 59.6 Å². The molecule has 0 radical (unpaired) electrons. The number of rotatable bonds is 7. The third-order valence-corrected chi connectivity index (χ3v) is 8.04.